The second-order valence-electron chi connectivity index (χ2n) is 4.76. The van der Waals surface area contributed by atoms with Gasteiger partial charge >= 0.3 is 0 Å². The van der Waals surface area contributed by atoms with Crippen molar-refractivity contribution >= 4 is 0 Å². The highest BCUT2D eigenvalue weighted by atomic mass is 16.5. The van der Waals surface area contributed by atoms with Gasteiger partial charge in [-0.05, 0) is 43.2 Å². The molecule has 4 heteroatoms. The van der Waals surface area contributed by atoms with E-state index < -0.39 is 0 Å². The Kier molecular flexibility index (Phi) is 4.22. The number of rotatable bonds is 5. The maximum atomic E-state index is 5.68. The summed E-state index contributed by atoms with van der Waals surface area (Å²) in [6.07, 6.45) is 0. The normalized spacial score (nSPS) is 11.0. The van der Waals surface area contributed by atoms with Gasteiger partial charge in [0.15, 0.2) is 0 Å². The Morgan fingerprint density at radius 1 is 1.26 bits per heavy atom. The molecule has 0 bridgehead atoms. The first-order chi connectivity index (χ1) is 9.15. The van der Waals surface area contributed by atoms with Gasteiger partial charge in [0.1, 0.15) is 5.75 Å². The lowest BCUT2D eigenvalue weighted by atomic mass is 10.1. The van der Waals surface area contributed by atoms with Crippen molar-refractivity contribution in [3.8, 4) is 11.4 Å². The first-order valence-corrected chi connectivity index (χ1v) is 6.67. The predicted octanol–water partition coefficient (Wildman–Crippen LogP) is 2.85. The molecule has 0 spiro atoms. The smallest absolute Gasteiger partial charge is 0.119 e. The Labute approximate surface area is 114 Å². The van der Waals surface area contributed by atoms with Gasteiger partial charge in [0.25, 0.3) is 0 Å². The first kappa shape index (κ1) is 13.6. The van der Waals surface area contributed by atoms with Crippen LogP contribution in [0.15, 0.2) is 30.3 Å². The molecule has 2 aromatic rings. The summed E-state index contributed by atoms with van der Waals surface area (Å²) in [7, 11) is 0. The molecule has 0 aliphatic heterocycles. The fourth-order valence-corrected chi connectivity index (χ4v) is 2.01. The molecule has 0 aliphatic carbocycles. The van der Waals surface area contributed by atoms with Crippen LogP contribution in [0, 0.1) is 0 Å². The lowest BCUT2D eigenvalue weighted by Gasteiger charge is -2.10. The van der Waals surface area contributed by atoms with Crippen molar-refractivity contribution in [2.75, 3.05) is 6.61 Å². The van der Waals surface area contributed by atoms with Crippen LogP contribution in [0.4, 0.5) is 0 Å². The third kappa shape index (κ3) is 2.96. The van der Waals surface area contributed by atoms with Gasteiger partial charge in [-0.2, -0.15) is 5.10 Å². The van der Waals surface area contributed by atoms with Crippen LogP contribution >= 0.6 is 0 Å². The molecule has 1 aromatic carbocycles. The number of benzene rings is 1. The fraction of sp³-hybridized carbons (Fsp3) is 0.400. The van der Waals surface area contributed by atoms with Crippen molar-refractivity contribution in [3.63, 3.8) is 0 Å². The van der Waals surface area contributed by atoms with Gasteiger partial charge in [0, 0.05) is 12.2 Å². The topological polar surface area (TPSA) is 53.1 Å². The molecule has 0 amide bonds. The zero-order valence-electron chi connectivity index (χ0n) is 11.8. The standard InChI is InChI=1S/C15H21N3O/c1-4-19-14-7-5-13(6-8-14)18-15(11(2)3)9-12(10-16)17-18/h5-9,11H,4,10,16H2,1-3H3. The second-order valence-corrected chi connectivity index (χ2v) is 4.76. The maximum absolute atomic E-state index is 5.68. The summed E-state index contributed by atoms with van der Waals surface area (Å²) in [5, 5.41) is 4.55. The van der Waals surface area contributed by atoms with Crippen LogP contribution in [-0.2, 0) is 6.54 Å². The highest BCUT2D eigenvalue weighted by Crippen LogP contribution is 2.22. The minimum Gasteiger partial charge on any atom is -0.494 e. The van der Waals surface area contributed by atoms with E-state index in [-0.39, 0.29) is 0 Å². The largest absolute Gasteiger partial charge is 0.494 e. The number of hydrogen-bond donors (Lipinski definition) is 1. The third-order valence-electron chi connectivity index (χ3n) is 2.98. The van der Waals surface area contributed by atoms with Crippen LogP contribution in [-0.4, -0.2) is 16.4 Å². The minimum absolute atomic E-state index is 0.402. The van der Waals surface area contributed by atoms with Crippen LogP contribution in [0.1, 0.15) is 38.1 Å². The number of nitrogens with zero attached hydrogens (tertiary/aromatic N) is 2. The van der Waals surface area contributed by atoms with E-state index in [1.54, 1.807) is 0 Å². The van der Waals surface area contributed by atoms with Crippen molar-refractivity contribution in [1.29, 1.82) is 0 Å². The monoisotopic (exact) mass is 259 g/mol. The van der Waals surface area contributed by atoms with Crippen LogP contribution in [0.2, 0.25) is 0 Å². The Hall–Kier alpha value is -1.81. The molecule has 19 heavy (non-hydrogen) atoms. The van der Waals surface area contributed by atoms with Gasteiger partial charge in [-0.1, -0.05) is 13.8 Å². The van der Waals surface area contributed by atoms with Crippen molar-refractivity contribution in [2.45, 2.75) is 33.2 Å². The molecule has 0 atom stereocenters. The van der Waals surface area contributed by atoms with Crippen LogP contribution in [0.5, 0.6) is 5.75 Å². The number of nitrogens with two attached hydrogens (primary N) is 1. The molecule has 0 saturated carbocycles. The van der Waals surface area contributed by atoms with Gasteiger partial charge in [-0.25, -0.2) is 4.68 Å². The molecule has 1 aromatic heterocycles. The summed E-state index contributed by atoms with van der Waals surface area (Å²) in [5.74, 6) is 1.28. The Morgan fingerprint density at radius 2 is 1.95 bits per heavy atom. The Balaban J connectivity index is 2.37. The summed E-state index contributed by atoms with van der Waals surface area (Å²) in [6.45, 7) is 7.43. The van der Waals surface area contributed by atoms with E-state index in [2.05, 4.69) is 25.0 Å². The van der Waals surface area contributed by atoms with E-state index in [1.165, 1.54) is 5.69 Å². The zero-order valence-corrected chi connectivity index (χ0v) is 11.8. The van der Waals surface area contributed by atoms with Crippen molar-refractivity contribution in [2.24, 2.45) is 5.73 Å². The molecular weight excluding hydrogens is 238 g/mol. The lowest BCUT2D eigenvalue weighted by molar-refractivity contribution is 0.340. The van der Waals surface area contributed by atoms with Gasteiger partial charge < -0.3 is 10.5 Å². The molecule has 0 unspecified atom stereocenters. The van der Waals surface area contributed by atoms with Gasteiger partial charge in [-0.15, -0.1) is 0 Å². The summed E-state index contributed by atoms with van der Waals surface area (Å²) < 4.78 is 7.41. The molecule has 4 nitrogen and oxygen atoms in total. The summed E-state index contributed by atoms with van der Waals surface area (Å²) >= 11 is 0. The number of aromatic nitrogens is 2. The van der Waals surface area contributed by atoms with Crippen molar-refractivity contribution < 1.29 is 4.74 Å². The third-order valence-corrected chi connectivity index (χ3v) is 2.98. The summed E-state index contributed by atoms with van der Waals surface area (Å²) in [4.78, 5) is 0. The minimum atomic E-state index is 0.402. The van der Waals surface area contributed by atoms with Crippen LogP contribution < -0.4 is 10.5 Å². The Bertz CT molecular complexity index is 529. The molecule has 0 radical (unpaired) electrons. The van der Waals surface area contributed by atoms with E-state index in [1.807, 2.05) is 35.9 Å². The highest BCUT2D eigenvalue weighted by molar-refractivity contribution is 5.39. The predicted molar refractivity (Wildman–Crippen MR) is 76.7 cm³/mol. The Morgan fingerprint density at radius 3 is 2.47 bits per heavy atom. The van der Waals surface area contributed by atoms with Gasteiger partial charge in [0.2, 0.25) is 0 Å². The number of ether oxygens (including phenoxy) is 1. The lowest BCUT2D eigenvalue weighted by Crippen LogP contribution is -2.04. The molecule has 2 N–H and O–H groups in total. The van der Waals surface area contributed by atoms with Crippen LogP contribution in [0.3, 0.4) is 0 Å². The zero-order chi connectivity index (χ0) is 13.8. The van der Waals surface area contributed by atoms with E-state index in [0.29, 0.717) is 19.1 Å². The van der Waals surface area contributed by atoms with Gasteiger partial charge in [-0.3, -0.25) is 0 Å². The first-order valence-electron chi connectivity index (χ1n) is 6.67. The number of hydrogen-bond acceptors (Lipinski definition) is 3. The van der Waals surface area contributed by atoms with E-state index in [9.17, 15) is 0 Å². The molecule has 0 saturated heterocycles. The maximum Gasteiger partial charge on any atom is 0.119 e. The van der Waals surface area contributed by atoms with Crippen molar-refractivity contribution in [3.05, 3.63) is 41.7 Å². The van der Waals surface area contributed by atoms with Crippen molar-refractivity contribution in [1.82, 2.24) is 9.78 Å². The molecular formula is C15H21N3O. The average molecular weight is 259 g/mol. The molecule has 1 heterocycles. The summed E-state index contributed by atoms with van der Waals surface area (Å²) in [6, 6.07) is 10.0. The van der Waals surface area contributed by atoms with Crippen LogP contribution in [0.25, 0.3) is 5.69 Å². The molecule has 2 rings (SSSR count). The van der Waals surface area contributed by atoms with E-state index in [4.69, 9.17) is 10.5 Å². The molecule has 0 fully saturated rings. The van der Waals surface area contributed by atoms with E-state index in [0.717, 1.165) is 17.1 Å². The highest BCUT2D eigenvalue weighted by Gasteiger charge is 2.12. The summed E-state index contributed by atoms with van der Waals surface area (Å²) in [5.41, 5.74) is 8.80. The quantitative estimate of drug-likeness (QED) is 0.898. The fourth-order valence-electron chi connectivity index (χ4n) is 2.01. The average Bonchev–Trinajstić information content (AvgIpc) is 2.84. The van der Waals surface area contributed by atoms with Gasteiger partial charge in [0.05, 0.1) is 18.0 Å². The SMILES string of the molecule is CCOc1ccc(-n2nc(CN)cc2C(C)C)cc1. The molecule has 0 aliphatic rings. The molecule has 102 valence electrons. The van der Waals surface area contributed by atoms with E-state index >= 15 is 0 Å². The second kappa shape index (κ2) is 5.89.